The van der Waals surface area contributed by atoms with Crippen molar-refractivity contribution in [3.63, 3.8) is 0 Å². The lowest BCUT2D eigenvalue weighted by Gasteiger charge is -2.17. The second-order valence-electron chi connectivity index (χ2n) is 4.92. The van der Waals surface area contributed by atoms with Gasteiger partial charge in [-0.15, -0.1) is 0 Å². The predicted octanol–water partition coefficient (Wildman–Crippen LogP) is 2.20. The van der Waals surface area contributed by atoms with Crippen molar-refractivity contribution in [2.45, 2.75) is 26.2 Å². The number of carbonyl (C=O) groups excluding carboxylic acids is 1. The smallest absolute Gasteiger partial charge is 0.425 e. The molecule has 0 saturated heterocycles. The number of hydrogen-bond acceptors (Lipinski definition) is 4. The van der Waals surface area contributed by atoms with Crippen LogP contribution in [0.5, 0.6) is 5.75 Å². The highest BCUT2D eigenvalue weighted by Crippen LogP contribution is 2.33. The standard InChI is InChI=1S/C15H19N3O4/c1-3-4-5-8-18-12-9-10(22-2)6-7-11(12)13(14(18)19)16-17-15(20)21/h6-7,9,17H,3-5,8H2,1-2H3,(H,20,21)/b16-13-. The third-order valence-electron chi connectivity index (χ3n) is 3.45. The molecule has 7 heteroatoms. The van der Waals surface area contributed by atoms with E-state index in [0.717, 1.165) is 19.3 Å². The lowest BCUT2D eigenvalue weighted by Crippen LogP contribution is -2.32. The molecule has 118 valence electrons. The van der Waals surface area contributed by atoms with Crippen LogP contribution in [0.4, 0.5) is 10.5 Å². The molecule has 0 unspecified atom stereocenters. The number of nitrogens with zero attached hydrogens (tertiary/aromatic N) is 2. The van der Waals surface area contributed by atoms with Gasteiger partial charge in [-0.2, -0.15) is 5.10 Å². The number of hydrogen-bond donors (Lipinski definition) is 2. The summed E-state index contributed by atoms with van der Waals surface area (Å²) >= 11 is 0. The number of methoxy groups -OCH3 is 1. The van der Waals surface area contributed by atoms with Crippen molar-refractivity contribution in [1.29, 1.82) is 0 Å². The van der Waals surface area contributed by atoms with E-state index in [1.54, 1.807) is 30.2 Å². The number of hydrazone groups is 1. The SMILES string of the molecule is CCCCCN1C(=O)/C(=N\NC(=O)O)c2ccc(OC)cc21. The van der Waals surface area contributed by atoms with Crippen molar-refractivity contribution >= 4 is 23.4 Å². The Morgan fingerprint density at radius 2 is 2.18 bits per heavy atom. The minimum Gasteiger partial charge on any atom is -0.497 e. The molecule has 0 aromatic heterocycles. The molecule has 22 heavy (non-hydrogen) atoms. The first-order valence-corrected chi connectivity index (χ1v) is 7.15. The van der Waals surface area contributed by atoms with E-state index in [1.165, 1.54) is 0 Å². The van der Waals surface area contributed by atoms with Crippen molar-refractivity contribution in [3.8, 4) is 5.75 Å². The van der Waals surface area contributed by atoms with Gasteiger partial charge < -0.3 is 14.7 Å². The van der Waals surface area contributed by atoms with Gasteiger partial charge in [0.15, 0.2) is 5.71 Å². The summed E-state index contributed by atoms with van der Waals surface area (Å²) < 4.78 is 5.19. The van der Waals surface area contributed by atoms with Crippen LogP contribution < -0.4 is 15.1 Å². The second kappa shape index (κ2) is 6.93. The topological polar surface area (TPSA) is 91.2 Å². The number of fused-ring (bicyclic) bond motifs is 1. The fourth-order valence-electron chi connectivity index (χ4n) is 2.37. The predicted molar refractivity (Wildman–Crippen MR) is 82.6 cm³/mol. The van der Waals surface area contributed by atoms with E-state index in [1.807, 2.05) is 5.43 Å². The van der Waals surface area contributed by atoms with E-state index in [-0.39, 0.29) is 11.6 Å². The summed E-state index contributed by atoms with van der Waals surface area (Å²) in [5.41, 5.74) is 3.32. The third-order valence-corrected chi connectivity index (χ3v) is 3.45. The first kappa shape index (κ1) is 15.8. The highest BCUT2D eigenvalue weighted by atomic mass is 16.5. The molecule has 1 aromatic carbocycles. The molecule has 1 aromatic rings. The number of amides is 2. The maximum absolute atomic E-state index is 12.5. The maximum atomic E-state index is 12.5. The van der Waals surface area contributed by atoms with Crippen LogP contribution in [0.15, 0.2) is 23.3 Å². The van der Waals surface area contributed by atoms with Crippen LogP contribution in [0.25, 0.3) is 0 Å². The lowest BCUT2D eigenvalue weighted by molar-refractivity contribution is -0.112. The van der Waals surface area contributed by atoms with Crippen molar-refractivity contribution in [1.82, 2.24) is 5.43 Å². The fourth-order valence-corrected chi connectivity index (χ4v) is 2.37. The molecular formula is C15H19N3O4. The molecule has 1 aliphatic rings. The quantitative estimate of drug-likeness (QED) is 0.622. The van der Waals surface area contributed by atoms with Gasteiger partial charge in [0.25, 0.3) is 5.91 Å². The van der Waals surface area contributed by atoms with Crippen LogP contribution >= 0.6 is 0 Å². The zero-order valence-electron chi connectivity index (χ0n) is 12.6. The van der Waals surface area contributed by atoms with Crippen LogP contribution in [0.1, 0.15) is 31.7 Å². The number of nitrogens with one attached hydrogen (secondary N) is 1. The summed E-state index contributed by atoms with van der Waals surface area (Å²) in [6, 6.07) is 5.20. The van der Waals surface area contributed by atoms with Crippen LogP contribution in [0.2, 0.25) is 0 Å². The van der Waals surface area contributed by atoms with E-state index in [4.69, 9.17) is 9.84 Å². The normalized spacial score (nSPS) is 15.1. The Bertz CT molecular complexity index is 613. The van der Waals surface area contributed by atoms with Crippen molar-refractivity contribution < 1.29 is 19.4 Å². The minimum absolute atomic E-state index is 0.108. The van der Waals surface area contributed by atoms with Crippen molar-refractivity contribution in [3.05, 3.63) is 23.8 Å². The molecule has 0 saturated carbocycles. The molecule has 2 N–H and O–H groups in total. The van der Waals surface area contributed by atoms with E-state index < -0.39 is 6.09 Å². The van der Waals surface area contributed by atoms with Crippen LogP contribution in [0, 0.1) is 0 Å². The summed E-state index contributed by atoms with van der Waals surface area (Å²) in [4.78, 5) is 24.7. The Morgan fingerprint density at radius 3 is 2.82 bits per heavy atom. The third kappa shape index (κ3) is 3.19. The molecule has 0 radical (unpaired) electrons. The highest BCUT2D eigenvalue weighted by Gasteiger charge is 2.34. The number of anilines is 1. The molecule has 0 atom stereocenters. The van der Waals surface area contributed by atoms with E-state index in [0.29, 0.717) is 23.5 Å². The average molecular weight is 305 g/mol. The average Bonchev–Trinajstić information content (AvgIpc) is 2.77. The molecule has 2 rings (SSSR count). The molecule has 2 amide bonds. The first-order valence-electron chi connectivity index (χ1n) is 7.15. The number of carbonyl (C=O) groups is 2. The van der Waals surface area contributed by atoms with Gasteiger partial charge in [0.1, 0.15) is 5.75 Å². The molecule has 1 heterocycles. The number of unbranched alkanes of at least 4 members (excludes halogenated alkanes) is 2. The van der Waals surface area contributed by atoms with Gasteiger partial charge in [-0.3, -0.25) is 4.79 Å². The summed E-state index contributed by atoms with van der Waals surface area (Å²) in [7, 11) is 1.56. The zero-order valence-corrected chi connectivity index (χ0v) is 12.6. The van der Waals surface area contributed by atoms with Crippen molar-refractivity contribution in [2.75, 3.05) is 18.6 Å². The van der Waals surface area contributed by atoms with Gasteiger partial charge >= 0.3 is 6.09 Å². The molecule has 7 nitrogen and oxygen atoms in total. The van der Waals surface area contributed by atoms with Gasteiger partial charge in [-0.1, -0.05) is 19.8 Å². The fraction of sp³-hybridized carbons (Fsp3) is 0.400. The van der Waals surface area contributed by atoms with Gasteiger partial charge in [-0.05, 0) is 18.6 Å². The second-order valence-corrected chi connectivity index (χ2v) is 4.92. The Balaban J connectivity index is 2.35. The Morgan fingerprint density at radius 1 is 1.41 bits per heavy atom. The van der Waals surface area contributed by atoms with Crippen LogP contribution in [-0.4, -0.2) is 36.5 Å². The number of rotatable bonds is 6. The van der Waals surface area contributed by atoms with E-state index in [9.17, 15) is 9.59 Å². The molecule has 1 aliphatic heterocycles. The molecule has 0 fully saturated rings. The highest BCUT2D eigenvalue weighted by molar-refractivity contribution is 6.54. The zero-order chi connectivity index (χ0) is 16.1. The summed E-state index contributed by atoms with van der Waals surface area (Å²) in [5, 5.41) is 12.4. The maximum Gasteiger partial charge on any atom is 0.425 e. The number of carboxylic acid groups (broad SMARTS) is 1. The Labute approximate surface area is 128 Å². The van der Waals surface area contributed by atoms with E-state index >= 15 is 0 Å². The van der Waals surface area contributed by atoms with Gasteiger partial charge in [-0.25, -0.2) is 10.2 Å². The summed E-state index contributed by atoms with van der Waals surface area (Å²) in [6.07, 6.45) is 1.63. The molecular weight excluding hydrogens is 286 g/mol. The number of ether oxygens (including phenoxy) is 1. The van der Waals surface area contributed by atoms with Gasteiger partial charge in [0.2, 0.25) is 0 Å². The molecule has 0 aliphatic carbocycles. The minimum atomic E-state index is -1.31. The Hall–Kier alpha value is -2.57. The first-order chi connectivity index (χ1) is 10.6. The van der Waals surface area contributed by atoms with Gasteiger partial charge in [0, 0.05) is 18.2 Å². The van der Waals surface area contributed by atoms with Gasteiger partial charge in [0.05, 0.1) is 12.8 Å². The van der Waals surface area contributed by atoms with Crippen molar-refractivity contribution in [2.24, 2.45) is 5.10 Å². The molecule has 0 bridgehead atoms. The number of benzene rings is 1. The molecule has 0 spiro atoms. The Kier molecular flexibility index (Phi) is 4.98. The van der Waals surface area contributed by atoms with Crippen LogP contribution in [0.3, 0.4) is 0 Å². The van der Waals surface area contributed by atoms with E-state index in [2.05, 4.69) is 12.0 Å². The summed E-state index contributed by atoms with van der Waals surface area (Å²) in [6.45, 7) is 2.66. The monoisotopic (exact) mass is 305 g/mol. The van der Waals surface area contributed by atoms with Crippen LogP contribution in [-0.2, 0) is 4.79 Å². The largest absolute Gasteiger partial charge is 0.497 e. The summed E-state index contributed by atoms with van der Waals surface area (Å²) in [5.74, 6) is 0.340. The lowest BCUT2D eigenvalue weighted by atomic mass is 10.1.